The molecule has 0 unspecified atom stereocenters. The zero-order valence-electron chi connectivity index (χ0n) is 8.69. The predicted molar refractivity (Wildman–Crippen MR) is 64.3 cm³/mol. The van der Waals surface area contributed by atoms with E-state index in [1.54, 1.807) is 0 Å². The SMILES string of the molecule is CCc1nn(CCCF)c(CC)c1I. The lowest BCUT2D eigenvalue weighted by Crippen LogP contribution is -2.05. The second kappa shape index (κ2) is 5.68. The van der Waals surface area contributed by atoms with Crippen molar-refractivity contribution < 1.29 is 4.39 Å². The maximum atomic E-state index is 12.1. The summed E-state index contributed by atoms with van der Waals surface area (Å²) in [7, 11) is 0. The molecule has 0 aromatic carbocycles. The molecule has 80 valence electrons. The van der Waals surface area contributed by atoms with E-state index in [1.807, 2.05) is 4.68 Å². The molecule has 0 fully saturated rings. The summed E-state index contributed by atoms with van der Waals surface area (Å²) in [6.07, 6.45) is 2.49. The molecule has 0 spiro atoms. The third kappa shape index (κ3) is 2.46. The highest BCUT2D eigenvalue weighted by Gasteiger charge is 2.12. The Balaban J connectivity index is 2.90. The molecule has 0 amide bonds. The maximum Gasteiger partial charge on any atom is 0.0912 e. The van der Waals surface area contributed by atoms with Crippen LogP contribution in [0.5, 0.6) is 0 Å². The average Bonchev–Trinajstić information content (AvgIpc) is 2.51. The summed E-state index contributed by atoms with van der Waals surface area (Å²) >= 11 is 2.34. The van der Waals surface area contributed by atoms with E-state index < -0.39 is 0 Å². The van der Waals surface area contributed by atoms with Gasteiger partial charge in [-0.1, -0.05) is 13.8 Å². The van der Waals surface area contributed by atoms with Crippen molar-refractivity contribution in [2.75, 3.05) is 6.67 Å². The smallest absolute Gasteiger partial charge is 0.0912 e. The Labute approximate surface area is 98.0 Å². The molecular formula is C10H16FIN2. The zero-order valence-corrected chi connectivity index (χ0v) is 10.8. The Morgan fingerprint density at radius 2 is 2.07 bits per heavy atom. The summed E-state index contributed by atoms with van der Waals surface area (Å²) in [5.74, 6) is 0. The molecule has 0 atom stereocenters. The van der Waals surface area contributed by atoms with Crippen LogP contribution in [0.15, 0.2) is 0 Å². The maximum absolute atomic E-state index is 12.1. The minimum absolute atomic E-state index is 0.263. The number of rotatable bonds is 5. The van der Waals surface area contributed by atoms with E-state index in [2.05, 4.69) is 41.5 Å². The van der Waals surface area contributed by atoms with Crippen molar-refractivity contribution in [1.82, 2.24) is 9.78 Å². The summed E-state index contributed by atoms with van der Waals surface area (Å²) in [4.78, 5) is 0. The van der Waals surface area contributed by atoms with Gasteiger partial charge in [-0.05, 0) is 41.9 Å². The number of alkyl halides is 1. The molecule has 14 heavy (non-hydrogen) atoms. The third-order valence-corrected chi connectivity index (χ3v) is 3.48. The Bertz CT molecular complexity index is 297. The van der Waals surface area contributed by atoms with Crippen LogP contribution in [0, 0.1) is 3.57 Å². The second-order valence-electron chi connectivity index (χ2n) is 3.18. The Kier molecular flexibility index (Phi) is 4.84. The van der Waals surface area contributed by atoms with Gasteiger partial charge in [-0.15, -0.1) is 0 Å². The molecule has 0 aliphatic heterocycles. The second-order valence-corrected chi connectivity index (χ2v) is 4.26. The van der Waals surface area contributed by atoms with Crippen molar-refractivity contribution in [2.45, 2.75) is 39.7 Å². The van der Waals surface area contributed by atoms with Gasteiger partial charge in [-0.3, -0.25) is 9.07 Å². The third-order valence-electron chi connectivity index (χ3n) is 2.23. The quantitative estimate of drug-likeness (QED) is 0.765. The molecular weight excluding hydrogens is 294 g/mol. The Morgan fingerprint density at radius 3 is 2.57 bits per heavy atom. The lowest BCUT2D eigenvalue weighted by molar-refractivity contribution is 0.429. The molecule has 0 aliphatic rings. The van der Waals surface area contributed by atoms with Gasteiger partial charge < -0.3 is 0 Å². The molecule has 0 N–H and O–H groups in total. The van der Waals surface area contributed by atoms with Crippen molar-refractivity contribution in [1.29, 1.82) is 0 Å². The number of halogens is 2. The molecule has 0 radical (unpaired) electrons. The normalized spacial score (nSPS) is 10.9. The predicted octanol–water partition coefficient (Wildman–Crippen LogP) is 2.97. The number of aromatic nitrogens is 2. The molecule has 1 heterocycles. The molecule has 0 saturated heterocycles. The van der Waals surface area contributed by atoms with Crippen LogP contribution in [0.25, 0.3) is 0 Å². The van der Waals surface area contributed by atoms with Gasteiger partial charge in [0.25, 0.3) is 0 Å². The fourth-order valence-electron chi connectivity index (χ4n) is 1.49. The first-order chi connectivity index (χ1) is 6.74. The standard InChI is InChI=1S/C10H16FIN2/c1-3-8-10(12)9(4-2)14(13-8)7-5-6-11/h3-7H2,1-2H3. The molecule has 2 nitrogen and oxygen atoms in total. The molecule has 0 bridgehead atoms. The van der Waals surface area contributed by atoms with Gasteiger partial charge in [0.05, 0.1) is 21.6 Å². The van der Waals surface area contributed by atoms with E-state index >= 15 is 0 Å². The Morgan fingerprint density at radius 1 is 1.36 bits per heavy atom. The number of aryl methyl sites for hydroxylation is 2. The van der Waals surface area contributed by atoms with Gasteiger partial charge >= 0.3 is 0 Å². The van der Waals surface area contributed by atoms with Crippen molar-refractivity contribution in [3.05, 3.63) is 15.0 Å². The Hall–Kier alpha value is -0.130. The lowest BCUT2D eigenvalue weighted by Gasteiger charge is -2.03. The molecule has 0 saturated carbocycles. The van der Waals surface area contributed by atoms with E-state index in [0.29, 0.717) is 13.0 Å². The van der Waals surface area contributed by atoms with E-state index in [0.717, 1.165) is 18.5 Å². The van der Waals surface area contributed by atoms with E-state index in [-0.39, 0.29) is 6.67 Å². The van der Waals surface area contributed by atoms with Crippen LogP contribution >= 0.6 is 22.6 Å². The van der Waals surface area contributed by atoms with Crippen molar-refractivity contribution in [3.8, 4) is 0 Å². The van der Waals surface area contributed by atoms with Gasteiger partial charge in [0.15, 0.2) is 0 Å². The van der Waals surface area contributed by atoms with Crippen LogP contribution in [0.4, 0.5) is 4.39 Å². The highest BCUT2D eigenvalue weighted by Crippen LogP contribution is 2.18. The summed E-state index contributed by atoms with van der Waals surface area (Å²) in [5.41, 5.74) is 2.39. The topological polar surface area (TPSA) is 17.8 Å². The van der Waals surface area contributed by atoms with Gasteiger partial charge in [0, 0.05) is 6.54 Å². The minimum Gasteiger partial charge on any atom is -0.268 e. The first kappa shape index (κ1) is 11.9. The fraction of sp³-hybridized carbons (Fsp3) is 0.700. The van der Waals surface area contributed by atoms with Crippen LogP contribution in [-0.2, 0) is 19.4 Å². The number of hydrogen-bond donors (Lipinski definition) is 0. The number of nitrogens with zero attached hydrogens (tertiary/aromatic N) is 2. The van der Waals surface area contributed by atoms with E-state index in [1.165, 1.54) is 9.26 Å². The first-order valence-corrected chi connectivity index (χ1v) is 6.12. The average molecular weight is 310 g/mol. The van der Waals surface area contributed by atoms with Gasteiger partial charge in [-0.25, -0.2) is 0 Å². The van der Waals surface area contributed by atoms with Crippen LogP contribution < -0.4 is 0 Å². The zero-order chi connectivity index (χ0) is 10.6. The largest absolute Gasteiger partial charge is 0.268 e. The highest BCUT2D eigenvalue weighted by atomic mass is 127. The van der Waals surface area contributed by atoms with Crippen molar-refractivity contribution in [2.24, 2.45) is 0 Å². The molecule has 1 aromatic heterocycles. The summed E-state index contributed by atoms with van der Waals surface area (Å²) in [5, 5.41) is 4.48. The van der Waals surface area contributed by atoms with Gasteiger partial charge in [-0.2, -0.15) is 5.10 Å². The lowest BCUT2D eigenvalue weighted by atomic mass is 10.2. The monoisotopic (exact) mass is 310 g/mol. The van der Waals surface area contributed by atoms with E-state index in [4.69, 9.17) is 0 Å². The number of hydrogen-bond acceptors (Lipinski definition) is 1. The molecule has 0 aliphatic carbocycles. The van der Waals surface area contributed by atoms with Gasteiger partial charge in [0.2, 0.25) is 0 Å². The molecule has 4 heteroatoms. The summed E-state index contributed by atoms with van der Waals surface area (Å²) in [6, 6.07) is 0. The summed E-state index contributed by atoms with van der Waals surface area (Å²) < 4.78 is 15.3. The minimum atomic E-state index is -0.263. The van der Waals surface area contributed by atoms with E-state index in [9.17, 15) is 4.39 Å². The van der Waals surface area contributed by atoms with Crippen LogP contribution in [0.1, 0.15) is 31.7 Å². The molecule has 1 aromatic rings. The van der Waals surface area contributed by atoms with Gasteiger partial charge in [0.1, 0.15) is 0 Å². The highest BCUT2D eigenvalue weighted by molar-refractivity contribution is 14.1. The van der Waals surface area contributed by atoms with Crippen LogP contribution in [-0.4, -0.2) is 16.5 Å². The van der Waals surface area contributed by atoms with Crippen LogP contribution in [0.3, 0.4) is 0 Å². The van der Waals surface area contributed by atoms with Crippen LogP contribution in [0.2, 0.25) is 0 Å². The fourth-order valence-corrected chi connectivity index (χ4v) is 2.64. The summed E-state index contributed by atoms with van der Waals surface area (Å²) in [6.45, 7) is 4.66. The van der Waals surface area contributed by atoms with Crippen molar-refractivity contribution >= 4 is 22.6 Å². The first-order valence-electron chi connectivity index (χ1n) is 5.04. The van der Waals surface area contributed by atoms with Crippen molar-refractivity contribution in [3.63, 3.8) is 0 Å². The molecule has 1 rings (SSSR count).